The summed E-state index contributed by atoms with van der Waals surface area (Å²) in [5.74, 6) is 1.01. The Balaban J connectivity index is 2.15. The highest BCUT2D eigenvalue weighted by Gasteiger charge is 2.28. The Hall–Kier alpha value is -1.22. The second-order valence-electron chi connectivity index (χ2n) is 5.07. The summed E-state index contributed by atoms with van der Waals surface area (Å²) < 4.78 is 0. The Bertz CT molecular complexity index is 365. The van der Waals surface area contributed by atoms with Crippen LogP contribution < -0.4 is 0 Å². The molecule has 1 aromatic rings. The molecular formula is C14H20N2O. The van der Waals surface area contributed by atoms with Crippen LogP contribution in [0, 0.1) is 5.92 Å². The molecule has 0 amide bonds. The quantitative estimate of drug-likeness (QED) is 0.802. The van der Waals surface area contributed by atoms with Crippen molar-refractivity contribution >= 4 is 5.78 Å². The number of carbonyl (C=O) groups excluding carboxylic acids is 1. The normalized spacial score (nSPS) is 19.6. The number of Topliss-reactive ketones (excluding diaryl/α,β-unsaturated/α-hetero) is 1. The molecule has 0 N–H and O–H groups in total. The summed E-state index contributed by atoms with van der Waals surface area (Å²) >= 11 is 0. The molecular weight excluding hydrogens is 212 g/mol. The van der Waals surface area contributed by atoms with Crippen LogP contribution in [0.1, 0.15) is 37.3 Å². The molecule has 1 aliphatic carbocycles. The third-order valence-electron chi connectivity index (χ3n) is 3.64. The van der Waals surface area contributed by atoms with E-state index in [4.69, 9.17) is 0 Å². The van der Waals surface area contributed by atoms with Crippen molar-refractivity contribution in [1.82, 2.24) is 9.88 Å². The van der Waals surface area contributed by atoms with Crippen LogP contribution in [0.25, 0.3) is 0 Å². The smallest absolute Gasteiger partial charge is 0.132 e. The lowest BCUT2D eigenvalue weighted by atomic mass is 9.80. The molecule has 17 heavy (non-hydrogen) atoms. The van der Waals surface area contributed by atoms with Gasteiger partial charge in [0.15, 0.2) is 0 Å². The third-order valence-corrected chi connectivity index (χ3v) is 3.64. The SMILES string of the molecule is CN(C)C(c1ccncc1)C1CCC(=O)CC1. The van der Waals surface area contributed by atoms with E-state index in [9.17, 15) is 4.79 Å². The lowest BCUT2D eigenvalue weighted by Crippen LogP contribution is -2.30. The Morgan fingerprint density at radius 1 is 1.24 bits per heavy atom. The van der Waals surface area contributed by atoms with Gasteiger partial charge in [-0.3, -0.25) is 9.78 Å². The first kappa shape index (κ1) is 12.2. The van der Waals surface area contributed by atoms with E-state index in [2.05, 4.69) is 36.1 Å². The van der Waals surface area contributed by atoms with Crippen LogP contribution in [0.3, 0.4) is 0 Å². The molecule has 3 nitrogen and oxygen atoms in total. The summed E-state index contributed by atoms with van der Waals surface area (Å²) in [5, 5.41) is 0. The van der Waals surface area contributed by atoms with Gasteiger partial charge in [0.25, 0.3) is 0 Å². The van der Waals surface area contributed by atoms with Crippen LogP contribution in [0.15, 0.2) is 24.5 Å². The van der Waals surface area contributed by atoms with E-state index in [-0.39, 0.29) is 0 Å². The van der Waals surface area contributed by atoms with E-state index >= 15 is 0 Å². The maximum atomic E-state index is 11.3. The molecule has 1 atom stereocenters. The van der Waals surface area contributed by atoms with Crippen LogP contribution in [-0.4, -0.2) is 29.8 Å². The molecule has 0 bridgehead atoms. The summed E-state index contributed by atoms with van der Waals surface area (Å²) in [7, 11) is 4.23. The predicted octanol–water partition coefficient (Wildman–Crippen LogP) is 2.44. The molecule has 1 unspecified atom stereocenters. The molecule has 92 valence electrons. The highest BCUT2D eigenvalue weighted by Crippen LogP contribution is 2.35. The van der Waals surface area contributed by atoms with Crippen LogP contribution in [0.5, 0.6) is 0 Å². The van der Waals surface area contributed by atoms with Gasteiger partial charge in [-0.15, -0.1) is 0 Å². The fourth-order valence-corrected chi connectivity index (χ4v) is 2.83. The molecule has 1 heterocycles. The van der Waals surface area contributed by atoms with Crippen molar-refractivity contribution in [1.29, 1.82) is 0 Å². The third kappa shape index (κ3) is 2.91. The van der Waals surface area contributed by atoms with Crippen LogP contribution in [-0.2, 0) is 4.79 Å². The monoisotopic (exact) mass is 232 g/mol. The van der Waals surface area contributed by atoms with Gasteiger partial charge in [-0.05, 0) is 50.6 Å². The first-order valence-corrected chi connectivity index (χ1v) is 6.26. The van der Waals surface area contributed by atoms with Crippen LogP contribution >= 0.6 is 0 Å². The first-order valence-electron chi connectivity index (χ1n) is 6.26. The Labute approximate surface area is 103 Å². The van der Waals surface area contributed by atoms with E-state index < -0.39 is 0 Å². The van der Waals surface area contributed by atoms with Crippen molar-refractivity contribution in [3.05, 3.63) is 30.1 Å². The molecule has 1 saturated carbocycles. The van der Waals surface area contributed by atoms with E-state index in [0.717, 1.165) is 25.7 Å². The lowest BCUT2D eigenvalue weighted by Gasteiger charge is -2.34. The van der Waals surface area contributed by atoms with Crippen molar-refractivity contribution in [3.8, 4) is 0 Å². The summed E-state index contributed by atoms with van der Waals surface area (Å²) in [6.45, 7) is 0. The summed E-state index contributed by atoms with van der Waals surface area (Å²) in [6, 6.07) is 4.58. The Morgan fingerprint density at radius 3 is 2.35 bits per heavy atom. The topological polar surface area (TPSA) is 33.2 Å². The number of rotatable bonds is 3. The number of hydrogen-bond donors (Lipinski definition) is 0. The second kappa shape index (κ2) is 5.41. The highest BCUT2D eigenvalue weighted by molar-refractivity contribution is 5.79. The molecule has 0 aliphatic heterocycles. The summed E-state index contributed by atoms with van der Waals surface area (Å²) in [4.78, 5) is 17.6. The number of pyridine rings is 1. The predicted molar refractivity (Wildman–Crippen MR) is 67.6 cm³/mol. The molecule has 2 rings (SSSR count). The van der Waals surface area contributed by atoms with Crippen molar-refractivity contribution in [2.24, 2.45) is 5.92 Å². The van der Waals surface area contributed by atoms with Crippen molar-refractivity contribution in [3.63, 3.8) is 0 Å². The molecule has 1 fully saturated rings. The molecule has 1 aromatic heterocycles. The number of ketones is 1. The second-order valence-corrected chi connectivity index (χ2v) is 5.07. The summed E-state index contributed by atoms with van der Waals surface area (Å²) in [5.41, 5.74) is 1.31. The minimum atomic E-state index is 0.408. The minimum Gasteiger partial charge on any atom is -0.302 e. The first-order chi connectivity index (χ1) is 8.18. The molecule has 0 radical (unpaired) electrons. The zero-order valence-electron chi connectivity index (χ0n) is 10.6. The van der Waals surface area contributed by atoms with Gasteiger partial charge in [0, 0.05) is 31.3 Å². The van der Waals surface area contributed by atoms with Crippen LogP contribution in [0.2, 0.25) is 0 Å². The van der Waals surface area contributed by atoms with Gasteiger partial charge in [-0.25, -0.2) is 0 Å². The Morgan fingerprint density at radius 2 is 1.82 bits per heavy atom. The zero-order chi connectivity index (χ0) is 12.3. The van der Waals surface area contributed by atoms with E-state index in [1.54, 1.807) is 0 Å². The molecule has 1 aliphatic rings. The average Bonchev–Trinajstić information content (AvgIpc) is 2.33. The van der Waals surface area contributed by atoms with Crippen molar-refractivity contribution in [2.45, 2.75) is 31.7 Å². The minimum absolute atomic E-state index is 0.408. The van der Waals surface area contributed by atoms with Crippen molar-refractivity contribution in [2.75, 3.05) is 14.1 Å². The molecule has 0 saturated heterocycles. The number of aromatic nitrogens is 1. The summed E-state index contributed by atoms with van der Waals surface area (Å²) in [6.07, 6.45) is 7.23. The van der Waals surface area contributed by atoms with E-state index in [0.29, 0.717) is 17.7 Å². The number of hydrogen-bond acceptors (Lipinski definition) is 3. The van der Waals surface area contributed by atoms with Gasteiger partial charge in [-0.1, -0.05) is 0 Å². The molecule has 0 spiro atoms. The van der Waals surface area contributed by atoms with Gasteiger partial charge < -0.3 is 4.90 Å². The standard InChI is InChI=1S/C14H20N2O/c1-16(2)14(12-7-9-15-10-8-12)11-3-5-13(17)6-4-11/h7-11,14H,3-6H2,1-2H3. The molecule has 3 heteroatoms. The van der Waals surface area contributed by atoms with Crippen molar-refractivity contribution < 1.29 is 4.79 Å². The Kier molecular flexibility index (Phi) is 3.89. The van der Waals surface area contributed by atoms with Gasteiger partial charge >= 0.3 is 0 Å². The van der Waals surface area contributed by atoms with Gasteiger partial charge in [0.1, 0.15) is 5.78 Å². The zero-order valence-corrected chi connectivity index (χ0v) is 10.6. The number of carbonyl (C=O) groups is 1. The van der Waals surface area contributed by atoms with Gasteiger partial charge in [0.05, 0.1) is 0 Å². The molecule has 0 aromatic carbocycles. The maximum absolute atomic E-state index is 11.3. The van der Waals surface area contributed by atoms with Gasteiger partial charge in [0.2, 0.25) is 0 Å². The maximum Gasteiger partial charge on any atom is 0.132 e. The van der Waals surface area contributed by atoms with E-state index in [1.165, 1.54) is 5.56 Å². The van der Waals surface area contributed by atoms with Crippen LogP contribution in [0.4, 0.5) is 0 Å². The highest BCUT2D eigenvalue weighted by atomic mass is 16.1. The van der Waals surface area contributed by atoms with Gasteiger partial charge in [-0.2, -0.15) is 0 Å². The largest absolute Gasteiger partial charge is 0.302 e. The average molecular weight is 232 g/mol. The van der Waals surface area contributed by atoms with E-state index in [1.807, 2.05) is 12.4 Å². The fourth-order valence-electron chi connectivity index (χ4n) is 2.83. The number of nitrogens with zero attached hydrogens (tertiary/aromatic N) is 2. The lowest BCUT2D eigenvalue weighted by molar-refractivity contribution is -0.121. The fraction of sp³-hybridized carbons (Fsp3) is 0.571.